The van der Waals surface area contributed by atoms with Crippen molar-refractivity contribution in [3.05, 3.63) is 71.0 Å². The van der Waals surface area contributed by atoms with Crippen LogP contribution in [0.15, 0.2) is 54.6 Å². The van der Waals surface area contributed by atoms with Crippen molar-refractivity contribution in [3.63, 3.8) is 0 Å². The Kier molecular flexibility index (Phi) is 3.91. The average Bonchev–Trinajstić information content (AvgIpc) is 2.50. The highest BCUT2D eigenvalue weighted by molar-refractivity contribution is 6.31. The first-order chi connectivity index (χ1) is 10.2. The molecule has 3 aromatic rings. The van der Waals surface area contributed by atoms with Crippen molar-refractivity contribution >= 4 is 22.4 Å². The van der Waals surface area contributed by atoms with Crippen molar-refractivity contribution in [2.45, 2.75) is 6.54 Å². The Bertz CT molecular complexity index is 798. The second kappa shape index (κ2) is 5.84. The van der Waals surface area contributed by atoms with Gasteiger partial charge < -0.3 is 5.32 Å². The molecule has 1 nitrogen and oxygen atoms in total. The van der Waals surface area contributed by atoms with Gasteiger partial charge in [-0.25, -0.2) is 4.39 Å². The van der Waals surface area contributed by atoms with Gasteiger partial charge in [-0.1, -0.05) is 54.1 Å². The van der Waals surface area contributed by atoms with Gasteiger partial charge in [0.2, 0.25) is 0 Å². The van der Waals surface area contributed by atoms with Crippen LogP contribution >= 0.6 is 11.6 Å². The van der Waals surface area contributed by atoms with Gasteiger partial charge in [0.25, 0.3) is 0 Å². The highest BCUT2D eigenvalue weighted by atomic mass is 35.5. The molecule has 0 aliphatic carbocycles. The number of benzene rings is 3. The summed E-state index contributed by atoms with van der Waals surface area (Å²) in [6.45, 7) is 0.725. The van der Waals surface area contributed by atoms with Crippen molar-refractivity contribution in [2.24, 2.45) is 0 Å². The van der Waals surface area contributed by atoms with Crippen LogP contribution in [0.1, 0.15) is 5.56 Å². The number of hydrogen-bond acceptors (Lipinski definition) is 1. The Morgan fingerprint density at radius 1 is 1.00 bits per heavy atom. The molecule has 0 radical (unpaired) electrons. The molecule has 0 bridgehead atoms. The lowest BCUT2D eigenvalue weighted by Gasteiger charge is -2.10. The molecule has 0 aliphatic rings. The fraction of sp³-hybridized carbons (Fsp3) is 0.111. The van der Waals surface area contributed by atoms with E-state index in [-0.39, 0.29) is 5.82 Å². The van der Waals surface area contributed by atoms with E-state index in [1.165, 1.54) is 6.07 Å². The molecule has 0 heterocycles. The van der Waals surface area contributed by atoms with Crippen LogP contribution in [-0.2, 0) is 6.54 Å². The molecular formula is C18H15ClFN. The number of nitrogens with one attached hydrogen (secondary N) is 1. The fourth-order valence-corrected chi connectivity index (χ4v) is 2.81. The van der Waals surface area contributed by atoms with Gasteiger partial charge in [0.05, 0.1) is 0 Å². The molecule has 0 unspecified atom stereocenters. The van der Waals surface area contributed by atoms with Gasteiger partial charge in [-0.3, -0.25) is 0 Å². The number of fused-ring (bicyclic) bond motifs is 1. The zero-order chi connectivity index (χ0) is 14.8. The van der Waals surface area contributed by atoms with E-state index in [0.717, 1.165) is 33.6 Å². The summed E-state index contributed by atoms with van der Waals surface area (Å²) in [7, 11) is 1.89. The predicted molar refractivity (Wildman–Crippen MR) is 87.1 cm³/mol. The third-order valence-corrected chi connectivity index (χ3v) is 3.95. The first-order valence-corrected chi connectivity index (χ1v) is 7.19. The smallest absolute Gasteiger partial charge is 0.131 e. The molecule has 3 aromatic carbocycles. The topological polar surface area (TPSA) is 12.0 Å². The number of rotatable bonds is 3. The van der Waals surface area contributed by atoms with Crippen LogP contribution in [0.3, 0.4) is 0 Å². The summed E-state index contributed by atoms with van der Waals surface area (Å²) in [4.78, 5) is 0. The molecule has 0 aromatic heterocycles. The minimum absolute atomic E-state index is 0.202. The molecule has 3 rings (SSSR count). The average molecular weight is 300 g/mol. The number of halogens is 2. The largest absolute Gasteiger partial charge is 0.316 e. The van der Waals surface area contributed by atoms with Gasteiger partial charge in [0, 0.05) is 17.0 Å². The second-order valence-corrected chi connectivity index (χ2v) is 5.38. The molecule has 0 spiro atoms. The monoisotopic (exact) mass is 299 g/mol. The summed E-state index contributed by atoms with van der Waals surface area (Å²) >= 11 is 6.33. The summed E-state index contributed by atoms with van der Waals surface area (Å²) in [5.74, 6) is -0.202. The van der Waals surface area contributed by atoms with Crippen molar-refractivity contribution in [3.8, 4) is 11.1 Å². The minimum atomic E-state index is -0.202. The third-order valence-electron chi connectivity index (χ3n) is 3.60. The van der Waals surface area contributed by atoms with Crippen LogP contribution in [0.25, 0.3) is 21.9 Å². The first-order valence-electron chi connectivity index (χ1n) is 6.81. The maximum Gasteiger partial charge on any atom is 0.131 e. The Morgan fingerprint density at radius 2 is 1.76 bits per heavy atom. The second-order valence-electron chi connectivity index (χ2n) is 4.98. The zero-order valence-corrected chi connectivity index (χ0v) is 12.4. The Labute approximate surface area is 128 Å². The molecule has 3 heteroatoms. The van der Waals surface area contributed by atoms with Gasteiger partial charge in [-0.15, -0.1) is 0 Å². The zero-order valence-electron chi connectivity index (χ0n) is 11.7. The van der Waals surface area contributed by atoms with E-state index in [1.807, 2.05) is 43.4 Å². The van der Waals surface area contributed by atoms with Crippen LogP contribution in [0, 0.1) is 5.82 Å². The lowest BCUT2D eigenvalue weighted by Crippen LogP contribution is -2.05. The van der Waals surface area contributed by atoms with E-state index in [1.54, 1.807) is 12.1 Å². The molecule has 0 saturated carbocycles. The summed E-state index contributed by atoms with van der Waals surface area (Å²) in [6, 6.07) is 16.8. The predicted octanol–water partition coefficient (Wildman–Crippen LogP) is 5.02. The lowest BCUT2D eigenvalue weighted by atomic mass is 9.97. The van der Waals surface area contributed by atoms with Gasteiger partial charge in [0.1, 0.15) is 5.82 Å². The molecule has 1 N–H and O–H groups in total. The Balaban J connectivity index is 2.17. The van der Waals surface area contributed by atoms with Crippen LogP contribution in [0.2, 0.25) is 5.02 Å². The lowest BCUT2D eigenvalue weighted by molar-refractivity contribution is 0.640. The SMILES string of the molecule is CNCc1ccc(-c2ccc(F)c3ccccc23)cc1Cl. The van der Waals surface area contributed by atoms with Crippen LogP contribution < -0.4 is 5.32 Å². The first kappa shape index (κ1) is 14.1. The summed E-state index contributed by atoms with van der Waals surface area (Å²) in [5.41, 5.74) is 3.04. The highest BCUT2D eigenvalue weighted by Crippen LogP contribution is 2.32. The maximum atomic E-state index is 13.9. The molecular weight excluding hydrogens is 285 g/mol. The van der Waals surface area contributed by atoms with E-state index in [0.29, 0.717) is 5.39 Å². The van der Waals surface area contributed by atoms with Crippen LogP contribution in [0.5, 0.6) is 0 Å². The van der Waals surface area contributed by atoms with E-state index >= 15 is 0 Å². The van der Waals surface area contributed by atoms with Gasteiger partial charge in [-0.2, -0.15) is 0 Å². The number of hydrogen-bond donors (Lipinski definition) is 1. The Hall–Kier alpha value is -1.90. The molecule has 0 fully saturated rings. The molecule has 21 heavy (non-hydrogen) atoms. The van der Waals surface area contributed by atoms with Gasteiger partial charge in [-0.05, 0) is 41.3 Å². The van der Waals surface area contributed by atoms with Crippen molar-refractivity contribution in [1.82, 2.24) is 5.32 Å². The molecule has 106 valence electrons. The summed E-state index contributed by atoms with van der Waals surface area (Å²) < 4.78 is 13.9. The quantitative estimate of drug-likeness (QED) is 0.716. The van der Waals surface area contributed by atoms with E-state index in [2.05, 4.69) is 5.32 Å². The van der Waals surface area contributed by atoms with Gasteiger partial charge in [0.15, 0.2) is 0 Å². The molecule has 0 aliphatic heterocycles. The van der Waals surface area contributed by atoms with Gasteiger partial charge >= 0.3 is 0 Å². The van der Waals surface area contributed by atoms with Crippen LogP contribution in [0.4, 0.5) is 4.39 Å². The Morgan fingerprint density at radius 3 is 2.48 bits per heavy atom. The third kappa shape index (κ3) is 2.65. The van der Waals surface area contributed by atoms with Crippen molar-refractivity contribution in [2.75, 3.05) is 7.05 Å². The normalized spacial score (nSPS) is 11.0. The highest BCUT2D eigenvalue weighted by Gasteiger charge is 2.09. The van der Waals surface area contributed by atoms with E-state index < -0.39 is 0 Å². The van der Waals surface area contributed by atoms with Crippen LogP contribution in [-0.4, -0.2) is 7.05 Å². The minimum Gasteiger partial charge on any atom is -0.316 e. The molecule has 0 atom stereocenters. The van der Waals surface area contributed by atoms with Crippen molar-refractivity contribution < 1.29 is 4.39 Å². The molecule has 0 saturated heterocycles. The molecule has 0 amide bonds. The summed E-state index contributed by atoms with van der Waals surface area (Å²) in [5, 5.41) is 5.33. The summed E-state index contributed by atoms with van der Waals surface area (Å²) in [6.07, 6.45) is 0. The van der Waals surface area contributed by atoms with E-state index in [4.69, 9.17) is 11.6 Å². The maximum absolute atomic E-state index is 13.9. The van der Waals surface area contributed by atoms with Crippen molar-refractivity contribution in [1.29, 1.82) is 0 Å². The fourth-order valence-electron chi connectivity index (χ4n) is 2.56. The van der Waals surface area contributed by atoms with E-state index in [9.17, 15) is 4.39 Å². The standard InChI is InChI=1S/C18H15ClFN/c1-21-11-13-7-6-12(10-17(13)19)14-8-9-18(20)16-5-3-2-4-15(14)16/h2-10,21H,11H2,1H3.